The molecule has 0 radical (unpaired) electrons. The number of nitrogens with one attached hydrogen (secondary N) is 2. The van der Waals surface area contributed by atoms with Crippen molar-refractivity contribution in [2.45, 2.75) is 138 Å². The number of amides is 3. The van der Waals surface area contributed by atoms with E-state index < -0.39 is 56.6 Å². The Morgan fingerprint density at radius 1 is 0.845 bits per heavy atom. The second kappa shape index (κ2) is 15.4. The predicted octanol–water partition coefficient (Wildman–Crippen LogP) is 4.75. The first-order chi connectivity index (χ1) is 27.9. The van der Waals surface area contributed by atoms with Gasteiger partial charge < -0.3 is 19.7 Å². The van der Waals surface area contributed by atoms with Gasteiger partial charge in [-0.2, -0.15) is 0 Å². The van der Waals surface area contributed by atoms with Gasteiger partial charge in [0.2, 0.25) is 21.8 Å². The summed E-state index contributed by atoms with van der Waals surface area (Å²) in [5, 5.41) is 3.57. The van der Waals surface area contributed by atoms with Gasteiger partial charge in [0, 0.05) is 30.3 Å². The van der Waals surface area contributed by atoms with Crippen molar-refractivity contribution in [3.05, 3.63) is 53.3 Å². The van der Waals surface area contributed by atoms with Gasteiger partial charge in [0.15, 0.2) is 5.88 Å². The molecule has 14 heteroatoms. The molecule has 13 nitrogen and oxygen atoms in total. The topological polar surface area (TPSA) is 170 Å². The third-order valence-electron chi connectivity index (χ3n) is 14.5. The summed E-state index contributed by atoms with van der Waals surface area (Å²) in [6.07, 6.45) is 12.1. The van der Waals surface area contributed by atoms with Crippen molar-refractivity contribution in [2.75, 3.05) is 6.54 Å². The van der Waals surface area contributed by atoms with Crippen molar-refractivity contribution >= 4 is 44.5 Å². The quantitative estimate of drug-likeness (QED) is 0.296. The summed E-state index contributed by atoms with van der Waals surface area (Å²) in [6, 6.07) is 8.19. The molecule has 0 spiro atoms. The fraction of sp³-hybridized carbons (Fsp3) is 0.659. The van der Waals surface area contributed by atoms with Crippen LogP contribution in [0.4, 0.5) is 0 Å². The Hall–Kier alpha value is -4.20. The summed E-state index contributed by atoms with van der Waals surface area (Å²) in [4.78, 5) is 72.7. The third-order valence-corrected chi connectivity index (χ3v) is 16.4. The first-order valence-electron chi connectivity index (χ1n) is 21.7. The molecular formula is C44H56N4O9S. The van der Waals surface area contributed by atoms with Crippen LogP contribution in [-0.2, 0) is 40.5 Å². The number of benzene rings is 1. The molecule has 1 aromatic heterocycles. The number of ether oxygens (including phenoxy) is 2. The largest absolute Gasteiger partial charge is 0.473 e. The first kappa shape index (κ1) is 39.3. The lowest BCUT2D eigenvalue weighted by molar-refractivity contribution is -0.156. The number of rotatable bonds is 7. The van der Waals surface area contributed by atoms with Gasteiger partial charge in [-0.3, -0.25) is 33.3 Å². The van der Waals surface area contributed by atoms with Crippen molar-refractivity contribution in [1.29, 1.82) is 0 Å². The van der Waals surface area contributed by atoms with Crippen molar-refractivity contribution in [1.82, 2.24) is 19.5 Å². The number of nitrogens with zero attached hydrogens (tertiary/aromatic N) is 2. The molecule has 2 N–H and O–H groups in total. The van der Waals surface area contributed by atoms with Gasteiger partial charge in [-0.05, 0) is 99.3 Å². The van der Waals surface area contributed by atoms with Gasteiger partial charge in [-0.25, -0.2) is 8.42 Å². The summed E-state index contributed by atoms with van der Waals surface area (Å²) in [7, 11) is -3.90. The molecule has 2 aliphatic heterocycles. The van der Waals surface area contributed by atoms with E-state index in [4.69, 9.17) is 9.47 Å². The number of esters is 1. The Morgan fingerprint density at radius 2 is 1.57 bits per heavy atom. The number of hydrogen-bond donors (Lipinski definition) is 2. The molecule has 5 saturated carbocycles. The predicted molar refractivity (Wildman–Crippen MR) is 215 cm³/mol. The van der Waals surface area contributed by atoms with Crippen molar-refractivity contribution < 1.29 is 37.1 Å². The Labute approximate surface area is 339 Å². The SMILES string of the molecule is C=C[C@H]1C[C@]1(NC(=O)[C@@H]1C[C@@H]2CN1C(=O)[C@H](C1CCCC1)CC(=O)O[C@@H]1CCC[C@H]1CCCC1CC1Cn1c(cc3ccccc3c1=O)O2)C(=O)NS(=O)(=O)C1CC1. The molecule has 2 aromatic rings. The molecule has 2 unspecified atom stereocenters. The molecular weight excluding hydrogens is 761 g/mol. The van der Waals surface area contributed by atoms with Crippen LogP contribution in [0.2, 0.25) is 0 Å². The zero-order chi connectivity index (χ0) is 40.3. The van der Waals surface area contributed by atoms with E-state index >= 15 is 0 Å². The normalized spacial score (nSPS) is 34.3. The van der Waals surface area contributed by atoms with E-state index in [1.807, 2.05) is 30.3 Å². The minimum Gasteiger partial charge on any atom is -0.473 e. The average molecular weight is 817 g/mol. The number of carbonyl (C=O) groups is 4. The molecule has 9 atom stereocenters. The summed E-state index contributed by atoms with van der Waals surface area (Å²) in [5.74, 6) is -1.95. The second-order valence-corrected chi connectivity index (χ2v) is 20.4. The maximum Gasteiger partial charge on any atom is 0.306 e. The summed E-state index contributed by atoms with van der Waals surface area (Å²) >= 11 is 0. The van der Waals surface area contributed by atoms with E-state index in [2.05, 4.69) is 16.6 Å². The molecule has 58 heavy (non-hydrogen) atoms. The molecule has 312 valence electrons. The van der Waals surface area contributed by atoms with Crippen LogP contribution in [0.1, 0.15) is 103 Å². The number of fused-ring (bicyclic) bond motifs is 6. The molecule has 3 amide bonds. The Bertz CT molecular complexity index is 2160. The molecule has 9 rings (SSSR count). The van der Waals surface area contributed by atoms with Gasteiger partial charge in [0.05, 0.1) is 24.1 Å². The highest BCUT2D eigenvalue weighted by Crippen LogP contribution is 2.47. The van der Waals surface area contributed by atoms with Crippen LogP contribution in [0.15, 0.2) is 47.8 Å². The molecule has 3 heterocycles. The van der Waals surface area contributed by atoms with Gasteiger partial charge in [-0.15, -0.1) is 6.58 Å². The lowest BCUT2D eigenvalue weighted by Crippen LogP contribution is -2.57. The van der Waals surface area contributed by atoms with Gasteiger partial charge >= 0.3 is 5.97 Å². The van der Waals surface area contributed by atoms with Crippen LogP contribution >= 0.6 is 0 Å². The molecule has 2 bridgehead atoms. The number of hydrogen-bond acceptors (Lipinski definition) is 9. The van der Waals surface area contributed by atoms with Crippen LogP contribution in [-0.4, -0.2) is 77.2 Å². The zero-order valence-electron chi connectivity index (χ0n) is 33.1. The Balaban J connectivity index is 1.06. The van der Waals surface area contributed by atoms with E-state index in [0.717, 1.165) is 76.0 Å². The smallest absolute Gasteiger partial charge is 0.306 e. The molecule has 1 saturated heterocycles. The molecule has 6 fully saturated rings. The number of carbonyl (C=O) groups excluding carboxylic acids is 4. The van der Waals surface area contributed by atoms with E-state index in [9.17, 15) is 32.4 Å². The van der Waals surface area contributed by atoms with Gasteiger partial charge in [-0.1, -0.05) is 50.0 Å². The van der Waals surface area contributed by atoms with E-state index in [0.29, 0.717) is 42.5 Å². The van der Waals surface area contributed by atoms with Crippen LogP contribution in [0.5, 0.6) is 5.88 Å². The summed E-state index contributed by atoms with van der Waals surface area (Å²) in [5.41, 5.74) is -1.68. The van der Waals surface area contributed by atoms with E-state index in [1.54, 1.807) is 4.57 Å². The Kier molecular flexibility index (Phi) is 10.5. The maximum absolute atomic E-state index is 15.0. The average Bonchev–Trinajstić information content (AvgIpc) is 4.15. The molecule has 1 aromatic carbocycles. The number of pyridine rings is 1. The molecule has 7 aliphatic rings. The lowest BCUT2D eigenvalue weighted by atomic mass is 9.86. The highest BCUT2D eigenvalue weighted by atomic mass is 32.2. The zero-order valence-corrected chi connectivity index (χ0v) is 34.0. The fourth-order valence-corrected chi connectivity index (χ4v) is 12.2. The monoisotopic (exact) mass is 816 g/mol. The second-order valence-electron chi connectivity index (χ2n) is 18.4. The van der Waals surface area contributed by atoms with Crippen molar-refractivity contribution in [3.8, 4) is 5.88 Å². The van der Waals surface area contributed by atoms with Crippen molar-refractivity contribution in [3.63, 3.8) is 0 Å². The summed E-state index contributed by atoms with van der Waals surface area (Å²) in [6.45, 7) is 4.35. The molecule has 5 aliphatic carbocycles. The van der Waals surface area contributed by atoms with Gasteiger partial charge in [0.1, 0.15) is 23.8 Å². The first-order valence-corrected chi connectivity index (χ1v) is 23.3. The number of sulfonamides is 1. The highest BCUT2D eigenvalue weighted by molar-refractivity contribution is 7.91. The van der Waals surface area contributed by atoms with Gasteiger partial charge in [0.25, 0.3) is 11.5 Å². The van der Waals surface area contributed by atoms with E-state index in [-0.39, 0.29) is 61.2 Å². The van der Waals surface area contributed by atoms with Crippen LogP contribution in [0.25, 0.3) is 10.8 Å². The maximum atomic E-state index is 15.0. The van der Waals surface area contributed by atoms with Crippen molar-refractivity contribution in [2.24, 2.45) is 35.5 Å². The third kappa shape index (κ3) is 7.70. The summed E-state index contributed by atoms with van der Waals surface area (Å²) < 4.78 is 42.5. The highest BCUT2D eigenvalue weighted by Gasteiger charge is 2.62. The minimum absolute atomic E-state index is 0.0209. The van der Waals surface area contributed by atoms with Crippen LogP contribution in [0, 0.1) is 35.5 Å². The Morgan fingerprint density at radius 3 is 2.31 bits per heavy atom. The number of aromatic nitrogens is 1. The standard InChI is InChI=1S/C44H56N4O9S/c1-2-31-23-44(31,43(53)46-58(54,55)33-17-18-33)45-40(50)36-21-32-25-47(36)42(52)35(26-9-3-4-10-26)22-39(49)57-37-16-8-13-27(37)12-7-14-28-19-30(28)24-48-38(56-32)20-29-11-5-6-15-34(29)41(48)51/h2,5-6,11,15,20,26-28,30-33,35-37H,1,3-4,7-10,12-14,16-19,21-25H2,(H,45,50)(H,46,53)/t27-,28?,30?,31+,32-,35+,36+,37-,44-/m1/s1. The minimum atomic E-state index is -3.90. The van der Waals surface area contributed by atoms with E-state index in [1.165, 1.54) is 11.0 Å². The van der Waals surface area contributed by atoms with Crippen LogP contribution in [0.3, 0.4) is 0 Å². The van der Waals surface area contributed by atoms with Crippen LogP contribution < -0.4 is 20.3 Å². The lowest BCUT2D eigenvalue weighted by Gasteiger charge is -2.32. The fourth-order valence-electron chi connectivity index (χ4n) is 10.8.